The van der Waals surface area contributed by atoms with Crippen molar-refractivity contribution in [1.82, 2.24) is 0 Å². The molecule has 0 saturated carbocycles. The van der Waals surface area contributed by atoms with Gasteiger partial charge in [0.05, 0.1) is 37.1 Å². The van der Waals surface area contributed by atoms with Crippen molar-refractivity contribution in [3.8, 4) is 34.5 Å². The van der Waals surface area contributed by atoms with Crippen molar-refractivity contribution in [2.75, 3.05) is 24.7 Å². The molecule has 0 radical (unpaired) electrons. The van der Waals surface area contributed by atoms with Crippen LogP contribution in [0, 0.1) is 24.7 Å². The van der Waals surface area contributed by atoms with Crippen molar-refractivity contribution < 1.29 is 27.4 Å². The molecule has 0 amide bonds. The van der Waals surface area contributed by atoms with Crippen molar-refractivity contribution >= 4 is 37.2 Å². The maximum Gasteiger partial charge on any atom is 0.307 e. The number of hydrogen-bond acceptors (Lipinski definition) is 7. The molecule has 5 rings (SSSR count). The number of hydrogen-bond donors (Lipinski definition) is 0. The van der Waals surface area contributed by atoms with E-state index in [0.717, 1.165) is 33.8 Å². The molecule has 1 aliphatic rings. The summed E-state index contributed by atoms with van der Waals surface area (Å²) < 4.78 is 41.9. The highest BCUT2D eigenvalue weighted by Crippen LogP contribution is 2.37. The van der Waals surface area contributed by atoms with Gasteiger partial charge in [0.15, 0.2) is 0 Å². The average Bonchev–Trinajstić information content (AvgIpc) is 3.43. The van der Waals surface area contributed by atoms with Gasteiger partial charge >= 0.3 is 5.97 Å². The zero-order valence-corrected chi connectivity index (χ0v) is 27.1. The van der Waals surface area contributed by atoms with E-state index in [9.17, 15) is 13.2 Å². The largest absolute Gasteiger partial charge is 0.493 e. The van der Waals surface area contributed by atoms with Gasteiger partial charge in [-0.3, -0.25) is 4.79 Å². The van der Waals surface area contributed by atoms with E-state index in [0.29, 0.717) is 32.7 Å². The molecular weight excluding hydrogens is 593 g/mol. The summed E-state index contributed by atoms with van der Waals surface area (Å²) in [4.78, 5) is 12.0. The normalized spacial score (nSPS) is 15.2. The molecule has 4 aromatic rings. The molecule has 44 heavy (non-hydrogen) atoms. The number of benzene rings is 3. The maximum atomic E-state index is 12.0. The Morgan fingerprint density at radius 1 is 0.977 bits per heavy atom. The zero-order chi connectivity index (χ0) is 31.1. The van der Waals surface area contributed by atoms with E-state index in [1.807, 2.05) is 30.3 Å². The number of carbonyl (C=O) groups is 1. The SMILES string of the molecule is CC#C[C@@H](CC(=O)OCC)c1ccc(OCc2ccc3scc(-c4ccc(OCC5CCS(=O)(=O)CC5)cc4C)c3c2)cc1. The van der Waals surface area contributed by atoms with Crippen LogP contribution in [-0.2, 0) is 26.0 Å². The summed E-state index contributed by atoms with van der Waals surface area (Å²) in [6.07, 6.45) is 1.56. The summed E-state index contributed by atoms with van der Waals surface area (Å²) in [6.45, 7) is 7.00. The number of ether oxygens (including phenoxy) is 3. The lowest BCUT2D eigenvalue weighted by molar-refractivity contribution is -0.143. The lowest BCUT2D eigenvalue weighted by atomic mass is 9.96. The van der Waals surface area contributed by atoms with Gasteiger partial charge < -0.3 is 14.2 Å². The molecule has 6 nitrogen and oxygen atoms in total. The quantitative estimate of drug-likeness (QED) is 0.125. The molecule has 8 heteroatoms. The Morgan fingerprint density at radius 3 is 2.43 bits per heavy atom. The van der Waals surface area contributed by atoms with Crippen LogP contribution in [-0.4, -0.2) is 39.1 Å². The molecular formula is C36H38O6S2. The lowest BCUT2D eigenvalue weighted by Gasteiger charge is -2.22. The topological polar surface area (TPSA) is 78.9 Å². The Balaban J connectivity index is 1.23. The van der Waals surface area contributed by atoms with Crippen molar-refractivity contribution in [2.45, 2.75) is 52.6 Å². The second kappa shape index (κ2) is 14.3. The number of esters is 1. The minimum Gasteiger partial charge on any atom is -0.493 e. The zero-order valence-electron chi connectivity index (χ0n) is 25.4. The smallest absolute Gasteiger partial charge is 0.307 e. The Kier molecular flexibility index (Phi) is 10.3. The van der Waals surface area contributed by atoms with Gasteiger partial charge in [-0.25, -0.2) is 8.42 Å². The van der Waals surface area contributed by atoms with Crippen molar-refractivity contribution in [3.05, 3.63) is 82.7 Å². The number of thiophene rings is 1. The van der Waals surface area contributed by atoms with E-state index in [4.69, 9.17) is 14.2 Å². The third-order valence-corrected chi connectivity index (χ3v) is 10.6. The molecule has 230 valence electrons. The Morgan fingerprint density at radius 2 is 1.73 bits per heavy atom. The van der Waals surface area contributed by atoms with E-state index in [1.54, 1.807) is 25.2 Å². The predicted molar refractivity (Wildman–Crippen MR) is 177 cm³/mol. The number of aryl methyl sites for hydroxylation is 1. The molecule has 1 aliphatic heterocycles. The van der Waals surface area contributed by atoms with Gasteiger partial charge in [0.2, 0.25) is 0 Å². The molecule has 1 aromatic heterocycles. The molecule has 0 aliphatic carbocycles. The molecule has 3 aromatic carbocycles. The first-order valence-electron chi connectivity index (χ1n) is 15.0. The summed E-state index contributed by atoms with van der Waals surface area (Å²) in [5.74, 6) is 7.93. The van der Waals surface area contributed by atoms with Crippen molar-refractivity contribution in [2.24, 2.45) is 5.92 Å². The lowest BCUT2D eigenvalue weighted by Crippen LogP contribution is -2.26. The monoisotopic (exact) mass is 630 g/mol. The van der Waals surface area contributed by atoms with E-state index in [2.05, 4.69) is 54.5 Å². The van der Waals surface area contributed by atoms with Crippen LogP contribution >= 0.6 is 11.3 Å². The van der Waals surface area contributed by atoms with E-state index in [-0.39, 0.29) is 35.7 Å². The molecule has 0 unspecified atom stereocenters. The molecule has 0 spiro atoms. The first kappa shape index (κ1) is 31.6. The van der Waals surface area contributed by atoms with Crippen LogP contribution in [0.4, 0.5) is 0 Å². The highest BCUT2D eigenvalue weighted by Gasteiger charge is 2.24. The fraction of sp³-hybridized carbons (Fsp3) is 0.361. The number of carbonyl (C=O) groups excluding carboxylic acids is 1. The highest BCUT2D eigenvalue weighted by atomic mass is 32.2. The fourth-order valence-corrected chi connectivity index (χ4v) is 8.03. The van der Waals surface area contributed by atoms with Crippen LogP contribution in [0.1, 0.15) is 55.7 Å². The van der Waals surface area contributed by atoms with Crippen molar-refractivity contribution in [1.29, 1.82) is 0 Å². The summed E-state index contributed by atoms with van der Waals surface area (Å²) in [6, 6.07) is 20.4. The minimum absolute atomic E-state index is 0.213. The molecule has 1 fully saturated rings. The van der Waals surface area contributed by atoms with Gasteiger partial charge in [0, 0.05) is 15.6 Å². The molecule has 1 saturated heterocycles. The second-order valence-electron chi connectivity index (χ2n) is 11.2. The van der Waals surface area contributed by atoms with E-state index in [1.165, 1.54) is 15.6 Å². The van der Waals surface area contributed by atoms with Gasteiger partial charge in [-0.2, -0.15) is 0 Å². The maximum absolute atomic E-state index is 12.0. The minimum atomic E-state index is -2.87. The summed E-state index contributed by atoms with van der Waals surface area (Å²) in [5, 5.41) is 3.39. The molecule has 2 heterocycles. The third kappa shape index (κ3) is 8.02. The Hall–Kier alpha value is -3.80. The Labute approximate surface area is 264 Å². The van der Waals surface area contributed by atoms with E-state index >= 15 is 0 Å². The standard InChI is InChI=1S/C36H38O6S2/c1-4-6-29(21-36(37)40-5-2)28-8-10-30(11-9-28)41-23-27-7-14-35-33(20-27)34(24-43-35)32-13-12-31(19-25(32)3)42-22-26-15-17-44(38,39)18-16-26/h7-14,19-20,24,26,29H,5,15-18,21-23H2,1-3H3/t29-/m0/s1. The van der Waals surface area contributed by atoms with Gasteiger partial charge in [0.1, 0.15) is 27.9 Å². The van der Waals surface area contributed by atoms with Gasteiger partial charge in [-0.1, -0.05) is 30.2 Å². The van der Waals surface area contributed by atoms with Gasteiger partial charge in [-0.15, -0.1) is 17.3 Å². The van der Waals surface area contributed by atoms with Crippen LogP contribution in [0.2, 0.25) is 0 Å². The number of fused-ring (bicyclic) bond motifs is 1. The molecule has 0 bridgehead atoms. The predicted octanol–water partition coefficient (Wildman–Crippen LogP) is 7.72. The number of sulfone groups is 1. The van der Waals surface area contributed by atoms with Crippen LogP contribution in [0.3, 0.4) is 0 Å². The summed E-state index contributed by atoms with van der Waals surface area (Å²) in [7, 11) is -2.87. The summed E-state index contributed by atoms with van der Waals surface area (Å²) >= 11 is 1.72. The van der Waals surface area contributed by atoms with Gasteiger partial charge in [-0.05, 0) is 104 Å². The summed E-state index contributed by atoms with van der Waals surface area (Å²) in [5.41, 5.74) is 5.51. The fourth-order valence-electron chi connectivity index (χ4n) is 5.50. The van der Waals surface area contributed by atoms with Gasteiger partial charge in [0.25, 0.3) is 0 Å². The van der Waals surface area contributed by atoms with E-state index < -0.39 is 9.84 Å². The van der Waals surface area contributed by atoms with Crippen LogP contribution in [0.15, 0.2) is 66.0 Å². The first-order valence-corrected chi connectivity index (χ1v) is 17.7. The first-order chi connectivity index (χ1) is 21.2. The van der Waals surface area contributed by atoms with Crippen LogP contribution < -0.4 is 9.47 Å². The average molecular weight is 631 g/mol. The molecule has 0 N–H and O–H groups in total. The molecule has 1 atom stereocenters. The van der Waals surface area contributed by atoms with Crippen molar-refractivity contribution in [3.63, 3.8) is 0 Å². The number of rotatable bonds is 11. The third-order valence-electron chi connectivity index (χ3n) is 7.97. The highest BCUT2D eigenvalue weighted by molar-refractivity contribution is 7.91. The van der Waals surface area contributed by atoms with Crippen LogP contribution in [0.25, 0.3) is 21.2 Å². The second-order valence-corrected chi connectivity index (χ2v) is 14.4. The Bertz CT molecular complexity index is 1760. The van der Waals surface area contributed by atoms with Crippen LogP contribution in [0.5, 0.6) is 11.5 Å².